The lowest BCUT2D eigenvalue weighted by molar-refractivity contribution is 0.218. The Kier molecular flexibility index (Phi) is 6.36. The van der Waals surface area contributed by atoms with Crippen LogP contribution in [-0.2, 0) is 0 Å². The predicted molar refractivity (Wildman–Crippen MR) is 125 cm³/mol. The van der Waals surface area contributed by atoms with E-state index in [0.717, 1.165) is 22.9 Å². The van der Waals surface area contributed by atoms with Crippen LogP contribution in [0.3, 0.4) is 0 Å². The predicted octanol–water partition coefficient (Wildman–Crippen LogP) is 7.69. The average molecular weight is 417 g/mol. The SMILES string of the molecule is C1=Nc2c(cccc2C2CCCCC2)OCCOc2cccc(C3CCCCC3)c2N=1. The van der Waals surface area contributed by atoms with Gasteiger partial charge in [-0.25, -0.2) is 0 Å². The first-order chi connectivity index (χ1) is 15.4. The van der Waals surface area contributed by atoms with Gasteiger partial charge in [-0.3, -0.25) is 0 Å². The van der Waals surface area contributed by atoms with Crippen LogP contribution in [0, 0.1) is 0 Å². The molecule has 2 aromatic rings. The number of aliphatic imine (C=N–C) groups is 2. The van der Waals surface area contributed by atoms with Crippen molar-refractivity contribution in [2.45, 2.75) is 76.0 Å². The van der Waals surface area contributed by atoms with Crippen molar-refractivity contribution in [1.29, 1.82) is 0 Å². The zero-order valence-corrected chi connectivity index (χ0v) is 18.3. The summed E-state index contributed by atoms with van der Waals surface area (Å²) >= 11 is 0. The van der Waals surface area contributed by atoms with E-state index >= 15 is 0 Å². The van der Waals surface area contributed by atoms with Crippen molar-refractivity contribution in [1.82, 2.24) is 0 Å². The number of fused-ring (bicyclic) bond motifs is 2. The van der Waals surface area contributed by atoms with Crippen LogP contribution in [0.25, 0.3) is 0 Å². The molecule has 0 spiro atoms. The van der Waals surface area contributed by atoms with E-state index in [0.29, 0.717) is 25.0 Å². The van der Waals surface area contributed by atoms with Gasteiger partial charge in [-0.2, -0.15) is 9.98 Å². The van der Waals surface area contributed by atoms with Gasteiger partial charge in [0.1, 0.15) is 42.1 Å². The molecule has 5 rings (SSSR count). The molecule has 0 bridgehead atoms. The van der Waals surface area contributed by atoms with Crippen molar-refractivity contribution >= 4 is 17.4 Å². The molecular formula is C27H32N2O2. The standard InChI is InChI=1S/C27H32N2O2/c1-3-9-20(10-4-1)22-13-7-15-24-26(22)28-19-29-27-23(21-11-5-2-6-12-21)14-8-16-25(27)31-18-17-30-24/h7-8,13-16,20-21H,1-6,9-12,17-18H2. The summed E-state index contributed by atoms with van der Waals surface area (Å²) in [4.78, 5) is 9.51. The molecule has 2 fully saturated rings. The van der Waals surface area contributed by atoms with Crippen molar-refractivity contribution in [3.8, 4) is 11.5 Å². The molecule has 2 saturated carbocycles. The summed E-state index contributed by atoms with van der Waals surface area (Å²) in [5.41, 5.74) is 4.36. The largest absolute Gasteiger partial charge is 0.488 e. The summed E-state index contributed by atoms with van der Waals surface area (Å²) < 4.78 is 12.2. The average Bonchev–Trinajstić information content (AvgIpc) is 2.88. The molecule has 0 unspecified atom stereocenters. The van der Waals surface area contributed by atoms with E-state index in [1.54, 1.807) is 0 Å². The molecule has 2 aromatic carbocycles. The second-order valence-electron chi connectivity index (χ2n) is 9.08. The van der Waals surface area contributed by atoms with Crippen LogP contribution < -0.4 is 9.47 Å². The van der Waals surface area contributed by atoms with Crippen molar-refractivity contribution in [3.05, 3.63) is 47.5 Å². The summed E-state index contributed by atoms with van der Waals surface area (Å²) in [5.74, 6) is 2.72. The lowest BCUT2D eigenvalue weighted by atomic mass is 9.83. The maximum Gasteiger partial charge on any atom is 0.146 e. The summed E-state index contributed by atoms with van der Waals surface area (Å²) in [6.07, 6.45) is 12.7. The van der Waals surface area contributed by atoms with Crippen molar-refractivity contribution in [2.24, 2.45) is 9.98 Å². The Balaban J connectivity index is 1.55. The van der Waals surface area contributed by atoms with Gasteiger partial charge in [0.15, 0.2) is 0 Å². The highest BCUT2D eigenvalue weighted by Crippen LogP contribution is 2.44. The second kappa shape index (κ2) is 9.70. The summed E-state index contributed by atoms with van der Waals surface area (Å²) in [7, 11) is 0. The third-order valence-corrected chi connectivity index (χ3v) is 7.07. The minimum absolute atomic E-state index is 0.490. The topological polar surface area (TPSA) is 43.2 Å². The number of rotatable bonds is 2. The molecule has 2 aliphatic carbocycles. The molecule has 1 heterocycles. The van der Waals surface area contributed by atoms with E-state index < -0.39 is 0 Å². The molecule has 3 aliphatic rings. The minimum atomic E-state index is 0.490. The molecule has 0 radical (unpaired) electrons. The molecule has 31 heavy (non-hydrogen) atoms. The van der Waals surface area contributed by atoms with Crippen LogP contribution in [0.5, 0.6) is 11.5 Å². The Labute approximate surface area is 185 Å². The fourth-order valence-electron chi connectivity index (χ4n) is 5.47. The lowest BCUT2D eigenvalue weighted by Gasteiger charge is -2.24. The first-order valence-electron chi connectivity index (χ1n) is 12.1. The van der Waals surface area contributed by atoms with E-state index in [1.807, 2.05) is 12.1 Å². The van der Waals surface area contributed by atoms with Crippen LogP contribution in [-0.4, -0.2) is 19.2 Å². The van der Waals surface area contributed by atoms with E-state index in [4.69, 9.17) is 19.5 Å². The Morgan fingerprint density at radius 1 is 0.613 bits per heavy atom. The van der Waals surface area contributed by atoms with Crippen LogP contribution in [0.15, 0.2) is 46.4 Å². The molecular weight excluding hydrogens is 384 g/mol. The summed E-state index contributed by atoms with van der Waals surface area (Å²) in [6, 6.07) is 15.7. The number of para-hydroxylation sites is 2. The van der Waals surface area contributed by atoms with Crippen molar-refractivity contribution in [2.75, 3.05) is 13.2 Å². The van der Waals surface area contributed by atoms with Crippen molar-refractivity contribution < 1.29 is 9.47 Å². The number of benzene rings is 2. The van der Waals surface area contributed by atoms with Crippen LogP contribution >= 0.6 is 0 Å². The van der Waals surface area contributed by atoms with Gasteiger partial charge in [-0.1, -0.05) is 62.8 Å². The molecule has 0 aromatic heterocycles. The normalized spacial score (nSPS) is 20.1. The Morgan fingerprint density at radius 2 is 1.06 bits per heavy atom. The fraction of sp³-hybridized carbons (Fsp3) is 0.519. The lowest BCUT2D eigenvalue weighted by Crippen LogP contribution is -2.11. The van der Waals surface area contributed by atoms with Gasteiger partial charge in [0, 0.05) is 0 Å². The van der Waals surface area contributed by atoms with Crippen molar-refractivity contribution in [3.63, 3.8) is 0 Å². The molecule has 0 atom stereocenters. The molecule has 162 valence electrons. The second-order valence-corrected chi connectivity index (χ2v) is 9.08. The first kappa shape index (κ1) is 20.3. The number of hydrogen-bond acceptors (Lipinski definition) is 4. The Hall–Kier alpha value is -2.58. The third kappa shape index (κ3) is 4.55. The van der Waals surface area contributed by atoms with Gasteiger partial charge in [0.25, 0.3) is 0 Å². The number of hydrogen-bond donors (Lipinski definition) is 0. The first-order valence-corrected chi connectivity index (χ1v) is 12.1. The minimum Gasteiger partial charge on any atom is -0.488 e. The maximum absolute atomic E-state index is 6.11. The van der Waals surface area contributed by atoms with Gasteiger partial charge in [-0.15, -0.1) is 0 Å². The Bertz CT molecular complexity index is 890. The highest BCUT2D eigenvalue weighted by atomic mass is 16.5. The van der Waals surface area contributed by atoms with Crippen LogP contribution in [0.2, 0.25) is 0 Å². The Morgan fingerprint density at radius 3 is 1.52 bits per heavy atom. The molecule has 4 heteroatoms. The summed E-state index contributed by atoms with van der Waals surface area (Å²) in [6.45, 7) is 0.980. The van der Waals surface area contributed by atoms with E-state index in [2.05, 4.69) is 30.3 Å². The van der Waals surface area contributed by atoms with E-state index in [-0.39, 0.29) is 0 Å². The number of ether oxygens (including phenoxy) is 2. The van der Waals surface area contributed by atoms with E-state index in [9.17, 15) is 0 Å². The monoisotopic (exact) mass is 416 g/mol. The van der Waals surface area contributed by atoms with Crippen LogP contribution in [0.4, 0.5) is 11.4 Å². The van der Waals surface area contributed by atoms with Gasteiger partial charge in [-0.05, 0) is 60.8 Å². The van der Waals surface area contributed by atoms with Gasteiger partial charge < -0.3 is 9.47 Å². The summed E-state index contributed by atoms with van der Waals surface area (Å²) in [5, 5.41) is 0. The zero-order valence-electron chi connectivity index (χ0n) is 18.3. The number of nitrogens with zero attached hydrogens (tertiary/aromatic N) is 2. The van der Waals surface area contributed by atoms with Gasteiger partial charge in [0.2, 0.25) is 0 Å². The highest BCUT2D eigenvalue weighted by Gasteiger charge is 2.23. The highest BCUT2D eigenvalue weighted by molar-refractivity contribution is 5.69. The van der Waals surface area contributed by atoms with Gasteiger partial charge in [0.05, 0.1) is 0 Å². The fourth-order valence-corrected chi connectivity index (χ4v) is 5.47. The molecule has 4 nitrogen and oxygen atoms in total. The van der Waals surface area contributed by atoms with Gasteiger partial charge >= 0.3 is 0 Å². The molecule has 0 saturated heterocycles. The van der Waals surface area contributed by atoms with Crippen LogP contribution in [0.1, 0.15) is 87.2 Å². The smallest absolute Gasteiger partial charge is 0.146 e. The molecule has 1 aliphatic heterocycles. The molecule has 0 amide bonds. The quantitative estimate of drug-likeness (QED) is 0.503. The zero-order chi connectivity index (χ0) is 20.9. The third-order valence-electron chi connectivity index (χ3n) is 7.07. The molecule has 0 N–H and O–H groups in total. The van der Waals surface area contributed by atoms with E-state index in [1.165, 1.54) is 75.3 Å². The maximum atomic E-state index is 6.11.